The first-order valence-electron chi connectivity index (χ1n) is 6.36. The van der Waals surface area contributed by atoms with Crippen molar-refractivity contribution in [2.75, 3.05) is 60.0 Å². The van der Waals surface area contributed by atoms with Gasteiger partial charge in [-0.15, -0.1) is 0 Å². The van der Waals surface area contributed by atoms with Crippen LogP contribution in [-0.4, -0.2) is 75.9 Å². The van der Waals surface area contributed by atoms with Gasteiger partial charge in [0, 0.05) is 39.3 Å². The van der Waals surface area contributed by atoms with E-state index in [0.717, 1.165) is 19.7 Å². The fourth-order valence-corrected chi connectivity index (χ4v) is 2.01. The van der Waals surface area contributed by atoms with E-state index in [1.807, 2.05) is 0 Å². The monoisotopic (exact) mass is 229 g/mol. The van der Waals surface area contributed by atoms with Crippen LogP contribution in [-0.2, 0) is 4.74 Å². The van der Waals surface area contributed by atoms with E-state index in [1.165, 1.54) is 32.6 Å². The molecule has 16 heavy (non-hydrogen) atoms. The topological polar surface area (TPSA) is 27.7 Å². The minimum Gasteiger partial charge on any atom is -0.383 e. The second-order valence-corrected chi connectivity index (χ2v) is 4.73. The average Bonchev–Trinajstić information content (AvgIpc) is 2.54. The van der Waals surface area contributed by atoms with Gasteiger partial charge >= 0.3 is 0 Å². The highest BCUT2D eigenvalue weighted by Gasteiger charge is 2.12. The number of methoxy groups -OCH3 is 1. The van der Waals surface area contributed by atoms with Gasteiger partial charge in [-0.2, -0.15) is 0 Å². The van der Waals surface area contributed by atoms with E-state index in [2.05, 4.69) is 29.1 Å². The summed E-state index contributed by atoms with van der Waals surface area (Å²) in [7, 11) is 3.95. The highest BCUT2D eigenvalue weighted by molar-refractivity contribution is 4.69. The molecule has 1 N–H and O–H groups in total. The molecule has 0 aromatic rings. The molecule has 0 aliphatic carbocycles. The molecule has 4 heteroatoms. The predicted molar refractivity (Wildman–Crippen MR) is 67.9 cm³/mol. The zero-order valence-electron chi connectivity index (χ0n) is 11.0. The summed E-state index contributed by atoms with van der Waals surface area (Å²) in [6.45, 7) is 10.1. The van der Waals surface area contributed by atoms with E-state index in [4.69, 9.17) is 4.74 Å². The maximum absolute atomic E-state index is 5.17. The average molecular weight is 229 g/mol. The molecule has 0 bridgehead atoms. The molecule has 1 rings (SSSR count). The number of likely N-dealkylation sites (N-methyl/N-ethyl adjacent to an activating group) is 1. The quantitative estimate of drug-likeness (QED) is 0.706. The second kappa shape index (κ2) is 8.01. The van der Waals surface area contributed by atoms with Crippen molar-refractivity contribution in [1.29, 1.82) is 0 Å². The summed E-state index contributed by atoms with van der Waals surface area (Å²) in [5, 5.41) is 3.43. The summed E-state index contributed by atoms with van der Waals surface area (Å²) in [5.74, 6) is 0. The molecule has 1 atom stereocenters. The van der Waals surface area contributed by atoms with Crippen molar-refractivity contribution in [3.8, 4) is 0 Å². The number of ether oxygens (including phenoxy) is 1. The third-order valence-corrected chi connectivity index (χ3v) is 3.36. The Morgan fingerprint density at radius 3 is 2.94 bits per heavy atom. The van der Waals surface area contributed by atoms with Gasteiger partial charge in [0.25, 0.3) is 0 Å². The Kier molecular flexibility index (Phi) is 6.96. The fourth-order valence-electron chi connectivity index (χ4n) is 2.01. The summed E-state index contributed by atoms with van der Waals surface area (Å²) in [5.41, 5.74) is 0. The van der Waals surface area contributed by atoms with Gasteiger partial charge in [-0.05, 0) is 33.5 Å². The Balaban J connectivity index is 2.16. The third kappa shape index (κ3) is 5.25. The highest BCUT2D eigenvalue weighted by atomic mass is 16.5. The summed E-state index contributed by atoms with van der Waals surface area (Å²) < 4.78 is 5.17. The number of nitrogens with zero attached hydrogens (tertiary/aromatic N) is 2. The maximum atomic E-state index is 5.17. The van der Waals surface area contributed by atoms with Gasteiger partial charge < -0.3 is 19.9 Å². The van der Waals surface area contributed by atoms with Gasteiger partial charge in [-0.25, -0.2) is 0 Å². The molecule has 1 unspecified atom stereocenters. The lowest BCUT2D eigenvalue weighted by atomic mass is 10.3. The third-order valence-electron chi connectivity index (χ3n) is 3.36. The van der Waals surface area contributed by atoms with Crippen LogP contribution in [0.4, 0.5) is 0 Å². The van der Waals surface area contributed by atoms with Gasteiger partial charge in [0.15, 0.2) is 0 Å². The standard InChI is InChI=1S/C12H27N3O/c1-12(11-16-3)14(2)9-10-15-7-4-5-13-6-8-15/h12-13H,4-11H2,1-3H3. The van der Waals surface area contributed by atoms with E-state index in [-0.39, 0.29) is 0 Å². The van der Waals surface area contributed by atoms with Crippen molar-refractivity contribution >= 4 is 0 Å². The molecule has 0 spiro atoms. The number of nitrogens with one attached hydrogen (secondary N) is 1. The predicted octanol–water partition coefficient (Wildman–Crippen LogP) is 0.248. The molecule has 0 aromatic heterocycles. The summed E-state index contributed by atoms with van der Waals surface area (Å²) in [6.07, 6.45) is 1.28. The van der Waals surface area contributed by atoms with Gasteiger partial charge in [-0.3, -0.25) is 0 Å². The van der Waals surface area contributed by atoms with Crippen LogP contribution < -0.4 is 5.32 Å². The molecule has 0 radical (unpaired) electrons. The number of hydrogen-bond donors (Lipinski definition) is 1. The van der Waals surface area contributed by atoms with Crippen LogP contribution in [0.15, 0.2) is 0 Å². The lowest BCUT2D eigenvalue weighted by molar-refractivity contribution is 0.107. The second-order valence-electron chi connectivity index (χ2n) is 4.73. The summed E-state index contributed by atoms with van der Waals surface area (Å²) >= 11 is 0. The Labute approximate surface area is 99.9 Å². The number of rotatable bonds is 6. The van der Waals surface area contributed by atoms with Gasteiger partial charge in [0.05, 0.1) is 6.61 Å². The lowest BCUT2D eigenvalue weighted by Gasteiger charge is -2.27. The highest BCUT2D eigenvalue weighted by Crippen LogP contribution is 1.99. The Morgan fingerprint density at radius 1 is 1.38 bits per heavy atom. The first kappa shape index (κ1) is 13.9. The van der Waals surface area contributed by atoms with Crippen LogP contribution in [0, 0.1) is 0 Å². The van der Waals surface area contributed by atoms with Crippen LogP contribution in [0.1, 0.15) is 13.3 Å². The van der Waals surface area contributed by atoms with Gasteiger partial charge in [-0.1, -0.05) is 0 Å². The van der Waals surface area contributed by atoms with Crippen molar-refractivity contribution in [3.63, 3.8) is 0 Å². The molecule has 4 nitrogen and oxygen atoms in total. The van der Waals surface area contributed by atoms with Crippen molar-refractivity contribution in [2.45, 2.75) is 19.4 Å². The first-order chi connectivity index (χ1) is 7.74. The Bertz CT molecular complexity index is 170. The Morgan fingerprint density at radius 2 is 2.19 bits per heavy atom. The van der Waals surface area contributed by atoms with Crippen LogP contribution in [0.25, 0.3) is 0 Å². The fraction of sp³-hybridized carbons (Fsp3) is 1.00. The molecular weight excluding hydrogens is 202 g/mol. The molecule has 1 aliphatic rings. The molecular formula is C12H27N3O. The lowest BCUT2D eigenvalue weighted by Crippen LogP contribution is -2.40. The van der Waals surface area contributed by atoms with Crippen LogP contribution in [0.2, 0.25) is 0 Å². The van der Waals surface area contributed by atoms with E-state index < -0.39 is 0 Å². The number of hydrogen-bond acceptors (Lipinski definition) is 4. The van der Waals surface area contributed by atoms with Gasteiger partial charge in [0.1, 0.15) is 0 Å². The zero-order chi connectivity index (χ0) is 11.8. The first-order valence-corrected chi connectivity index (χ1v) is 6.36. The molecule has 1 aliphatic heterocycles. The minimum atomic E-state index is 0.509. The van der Waals surface area contributed by atoms with E-state index in [9.17, 15) is 0 Å². The summed E-state index contributed by atoms with van der Waals surface area (Å²) in [4.78, 5) is 4.93. The molecule has 1 fully saturated rings. The zero-order valence-corrected chi connectivity index (χ0v) is 11.0. The van der Waals surface area contributed by atoms with Crippen LogP contribution in [0.3, 0.4) is 0 Å². The van der Waals surface area contributed by atoms with Crippen LogP contribution >= 0.6 is 0 Å². The van der Waals surface area contributed by atoms with Crippen molar-refractivity contribution in [3.05, 3.63) is 0 Å². The SMILES string of the molecule is COCC(C)N(C)CCN1CCCNCC1. The normalized spacial score (nSPS) is 21.0. The molecule has 0 saturated carbocycles. The van der Waals surface area contributed by atoms with Gasteiger partial charge in [0.2, 0.25) is 0 Å². The summed E-state index contributed by atoms with van der Waals surface area (Å²) in [6, 6.07) is 0.509. The smallest absolute Gasteiger partial charge is 0.0615 e. The molecule has 0 amide bonds. The maximum Gasteiger partial charge on any atom is 0.0615 e. The van der Waals surface area contributed by atoms with E-state index in [1.54, 1.807) is 7.11 Å². The Hall–Kier alpha value is -0.160. The minimum absolute atomic E-state index is 0.509. The van der Waals surface area contributed by atoms with E-state index in [0.29, 0.717) is 6.04 Å². The molecule has 0 aromatic carbocycles. The van der Waals surface area contributed by atoms with Crippen molar-refractivity contribution < 1.29 is 4.74 Å². The molecule has 96 valence electrons. The molecule has 1 saturated heterocycles. The molecule has 1 heterocycles. The van der Waals surface area contributed by atoms with Crippen LogP contribution in [0.5, 0.6) is 0 Å². The van der Waals surface area contributed by atoms with E-state index >= 15 is 0 Å². The largest absolute Gasteiger partial charge is 0.383 e. The van der Waals surface area contributed by atoms with Crippen molar-refractivity contribution in [1.82, 2.24) is 15.1 Å². The van der Waals surface area contributed by atoms with Crippen molar-refractivity contribution in [2.24, 2.45) is 0 Å².